The predicted molar refractivity (Wildman–Crippen MR) is 125 cm³/mol. The third kappa shape index (κ3) is 2.77. The molecule has 174 valence electrons. The molecule has 1 spiro atoms. The zero-order chi connectivity index (χ0) is 24.3. The molecule has 1 aromatic heterocycles. The van der Waals surface area contributed by atoms with Crippen LogP contribution >= 0.6 is 0 Å². The van der Waals surface area contributed by atoms with Crippen LogP contribution in [0.3, 0.4) is 0 Å². The zero-order valence-electron chi connectivity index (χ0n) is 18.4. The Morgan fingerprint density at radius 3 is 2.40 bits per heavy atom. The number of carbonyl (C=O) groups excluding carboxylic acids is 2. The van der Waals surface area contributed by atoms with Crippen molar-refractivity contribution in [3.05, 3.63) is 111 Å². The van der Waals surface area contributed by atoms with Gasteiger partial charge in [0.25, 0.3) is 11.8 Å². The highest BCUT2D eigenvalue weighted by molar-refractivity contribution is 6.17. The van der Waals surface area contributed by atoms with Gasteiger partial charge >= 0.3 is 0 Å². The first-order valence-electron chi connectivity index (χ1n) is 11.1. The van der Waals surface area contributed by atoms with E-state index in [-0.39, 0.29) is 35.4 Å². The van der Waals surface area contributed by atoms with Crippen LogP contribution in [0.1, 0.15) is 27.2 Å². The van der Waals surface area contributed by atoms with Gasteiger partial charge in [-0.25, -0.2) is 4.39 Å². The van der Waals surface area contributed by atoms with Crippen LogP contribution in [0.2, 0.25) is 0 Å². The minimum atomic E-state index is -1.78. The van der Waals surface area contributed by atoms with Crippen LogP contribution in [0.25, 0.3) is 11.0 Å². The van der Waals surface area contributed by atoms with E-state index >= 15 is 0 Å². The number of para-hydroxylation sites is 2. The van der Waals surface area contributed by atoms with E-state index < -0.39 is 35.2 Å². The standard InChI is InChI=1S/C27H19FN2O5/c28-17-11-9-16(10-12-17)15-29-20-7-3-2-6-19(20)27(26(29)34)22-23(32)18-5-1-4-8-21(18)35-24(22)25(33)30(27)13-14-31/h1-12,31H,13-15H2. The van der Waals surface area contributed by atoms with Gasteiger partial charge in [-0.2, -0.15) is 0 Å². The molecule has 2 aliphatic heterocycles. The summed E-state index contributed by atoms with van der Waals surface area (Å²) >= 11 is 0. The molecule has 7 nitrogen and oxygen atoms in total. The molecule has 0 saturated heterocycles. The number of fused-ring (bicyclic) bond motifs is 5. The van der Waals surface area contributed by atoms with Gasteiger partial charge in [0.2, 0.25) is 5.76 Å². The molecule has 35 heavy (non-hydrogen) atoms. The molecule has 6 rings (SSSR count). The quantitative estimate of drug-likeness (QED) is 0.495. The fraction of sp³-hybridized carbons (Fsp3) is 0.148. The van der Waals surface area contributed by atoms with Gasteiger partial charge in [-0.15, -0.1) is 0 Å². The summed E-state index contributed by atoms with van der Waals surface area (Å²) in [6.07, 6.45) is 0. The first kappa shape index (κ1) is 21.2. The van der Waals surface area contributed by atoms with Gasteiger partial charge in [-0.1, -0.05) is 42.5 Å². The van der Waals surface area contributed by atoms with Crippen molar-refractivity contribution in [3.8, 4) is 0 Å². The highest BCUT2D eigenvalue weighted by Crippen LogP contribution is 2.52. The Balaban J connectivity index is 1.64. The highest BCUT2D eigenvalue weighted by atomic mass is 19.1. The van der Waals surface area contributed by atoms with E-state index in [1.54, 1.807) is 60.7 Å². The number of halogens is 1. The summed E-state index contributed by atoms with van der Waals surface area (Å²) in [7, 11) is 0. The number of β-amino-alcohol motifs (C(OH)–C–C–N with tert-alkyl or cyclic N) is 1. The Labute approximate surface area is 198 Å². The number of aliphatic hydroxyl groups is 1. The fourth-order valence-corrected chi connectivity index (χ4v) is 5.27. The summed E-state index contributed by atoms with van der Waals surface area (Å²) in [6.45, 7) is -0.487. The maximum Gasteiger partial charge on any atom is 0.291 e. The second kappa shape index (κ2) is 7.61. The van der Waals surface area contributed by atoms with Crippen molar-refractivity contribution >= 4 is 28.5 Å². The number of carbonyl (C=O) groups is 2. The summed E-state index contributed by atoms with van der Waals surface area (Å²) in [5.41, 5.74) is -0.400. The van der Waals surface area contributed by atoms with Crippen LogP contribution in [0.4, 0.5) is 10.1 Å². The van der Waals surface area contributed by atoms with Crippen molar-refractivity contribution in [2.45, 2.75) is 12.1 Å². The first-order chi connectivity index (χ1) is 17.0. The van der Waals surface area contributed by atoms with Crippen molar-refractivity contribution < 1.29 is 23.5 Å². The molecule has 4 aromatic rings. The minimum Gasteiger partial charge on any atom is -0.450 e. The van der Waals surface area contributed by atoms with Gasteiger partial charge in [-0.3, -0.25) is 14.4 Å². The van der Waals surface area contributed by atoms with E-state index in [0.717, 1.165) is 0 Å². The number of rotatable bonds is 4. The smallest absolute Gasteiger partial charge is 0.291 e. The number of hydrogen-bond donors (Lipinski definition) is 1. The number of benzene rings is 3. The van der Waals surface area contributed by atoms with E-state index in [1.807, 2.05) is 0 Å². The number of anilines is 1. The number of nitrogens with zero attached hydrogens (tertiary/aromatic N) is 2. The zero-order valence-corrected chi connectivity index (χ0v) is 18.4. The largest absolute Gasteiger partial charge is 0.450 e. The Hall–Kier alpha value is -4.30. The minimum absolute atomic E-state index is 0.0475. The number of amides is 2. The molecule has 0 bridgehead atoms. The molecule has 0 saturated carbocycles. The topological polar surface area (TPSA) is 91.1 Å². The molecule has 8 heteroatoms. The molecule has 0 radical (unpaired) electrons. The molecule has 0 aliphatic carbocycles. The Morgan fingerprint density at radius 2 is 1.63 bits per heavy atom. The van der Waals surface area contributed by atoms with Crippen molar-refractivity contribution in [2.24, 2.45) is 0 Å². The SMILES string of the molecule is O=C1c2oc3ccccc3c(=O)c2C2(C(=O)N(Cc3ccc(F)cc3)c3ccccc32)N1CCO. The average molecular weight is 470 g/mol. The summed E-state index contributed by atoms with van der Waals surface area (Å²) < 4.78 is 19.4. The van der Waals surface area contributed by atoms with Crippen molar-refractivity contribution in [1.29, 1.82) is 0 Å². The normalized spacial score (nSPS) is 18.6. The maximum absolute atomic E-state index is 14.3. The second-order valence-electron chi connectivity index (χ2n) is 8.56. The van der Waals surface area contributed by atoms with Gasteiger partial charge in [0, 0.05) is 12.1 Å². The molecule has 1 N–H and O–H groups in total. The van der Waals surface area contributed by atoms with Crippen molar-refractivity contribution in [3.63, 3.8) is 0 Å². The van der Waals surface area contributed by atoms with Gasteiger partial charge < -0.3 is 19.3 Å². The third-order valence-electron chi connectivity index (χ3n) is 6.72. The molecule has 1 atom stereocenters. The Bertz CT molecular complexity index is 1580. The molecule has 2 amide bonds. The van der Waals surface area contributed by atoms with Crippen LogP contribution in [-0.4, -0.2) is 35.0 Å². The Kier molecular flexibility index (Phi) is 4.62. The maximum atomic E-state index is 14.3. The van der Waals surface area contributed by atoms with E-state index in [2.05, 4.69) is 0 Å². The molecule has 1 unspecified atom stereocenters. The first-order valence-corrected chi connectivity index (χ1v) is 11.1. The summed E-state index contributed by atoms with van der Waals surface area (Å²) in [5.74, 6) is -1.74. The molecule has 2 aliphatic rings. The van der Waals surface area contributed by atoms with Crippen LogP contribution in [0.5, 0.6) is 0 Å². The van der Waals surface area contributed by atoms with E-state index in [0.29, 0.717) is 16.8 Å². The molecule has 3 aromatic carbocycles. The molecule has 3 heterocycles. The monoisotopic (exact) mass is 470 g/mol. The lowest BCUT2D eigenvalue weighted by Crippen LogP contribution is -2.54. The lowest BCUT2D eigenvalue weighted by atomic mass is 9.84. The predicted octanol–water partition coefficient (Wildman–Crippen LogP) is 3.17. The van der Waals surface area contributed by atoms with Crippen LogP contribution in [-0.2, 0) is 16.9 Å². The van der Waals surface area contributed by atoms with Gasteiger partial charge in [0.15, 0.2) is 11.0 Å². The Morgan fingerprint density at radius 1 is 0.914 bits per heavy atom. The average Bonchev–Trinajstić information content (AvgIpc) is 3.26. The van der Waals surface area contributed by atoms with Crippen molar-refractivity contribution in [1.82, 2.24) is 4.90 Å². The highest BCUT2D eigenvalue weighted by Gasteiger charge is 2.64. The number of hydrogen-bond acceptors (Lipinski definition) is 5. The molecular formula is C27H19FN2O5. The third-order valence-corrected chi connectivity index (χ3v) is 6.72. The van der Waals surface area contributed by atoms with Crippen molar-refractivity contribution in [2.75, 3.05) is 18.1 Å². The van der Waals surface area contributed by atoms with Crippen LogP contribution < -0.4 is 10.3 Å². The summed E-state index contributed by atoms with van der Waals surface area (Å²) in [5, 5.41) is 10.1. The van der Waals surface area contributed by atoms with E-state index in [1.165, 1.54) is 21.9 Å². The summed E-state index contributed by atoms with van der Waals surface area (Å²) in [6, 6.07) is 19.3. The number of aliphatic hydroxyl groups excluding tert-OH is 1. The molecule has 0 fully saturated rings. The van der Waals surface area contributed by atoms with E-state index in [4.69, 9.17) is 4.42 Å². The fourth-order valence-electron chi connectivity index (χ4n) is 5.27. The van der Waals surface area contributed by atoms with Crippen LogP contribution in [0, 0.1) is 5.82 Å². The lowest BCUT2D eigenvalue weighted by Gasteiger charge is -2.33. The van der Waals surface area contributed by atoms with Gasteiger partial charge in [0.05, 0.1) is 29.8 Å². The van der Waals surface area contributed by atoms with Gasteiger partial charge in [-0.05, 0) is 35.9 Å². The van der Waals surface area contributed by atoms with Crippen LogP contribution in [0.15, 0.2) is 82.0 Å². The lowest BCUT2D eigenvalue weighted by molar-refractivity contribution is -0.126. The van der Waals surface area contributed by atoms with Gasteiger partial charge in [0.1, 0.15) is 11.4 Å². The van der Waals surface area contributed by atoms with E-state index in [9.17, 15) is 23.9 Å². The summed E-state index contributed by atoms with van der Waals surface area (Å²) in [4.78, 5) is 44.4. The molecular weight excluding hydrogens is 451 g/mol. The second-order valence-corrected chi connectivity index (χ2v) is 8.56.